The Bertz CT molecular complexity index is 1520. The molecule has 0 aliphatic carbocycles. The summed E-state index contributed by atoms with van der Waals surface area (Å²) in [5.74, 6) is 1.50. The van der Waals surface area contributed by atoms with E-state index in [9.17, 15) is 9.59 Å². The number of hydrogen-bond acceptors (Lipinski definition) is 10. The molecule has 44 heavy (non-hydrogen) atoms. The van der Waals surface area contributed by atoms with E-state index in [2.05, 4.69) is 29.9 Å². The first kappa shape index (κ1) is 30.3. The van der Waals surface area contributed by atoms with Crippen LogP contribution in [0, 0.1) is 0 Å². The van der Waals surface area contributed by atoms with Crippen molar-refractivity contribution in [3.63, 3.8) is 0 Å². The molecule has 4 aromatic heterocycles. The maximum absolute atomic E-state index is 12.8. The van der Waals surface area contributed by atoms with Crippen LogP contribution in [0.5, 0.6) is 0 Å². The van der Waals surface area contributed by atoms with Gasteiger partial charge in [0, 0.05) is 25.5 Å². The number of thiazole rings is 2. The van der Waals surface area contributed by atoms with E-state index in [1.165, 1.54) is 22.7 Å². The van der Waals surface area contributed by atoms with Gasteiger partial charge in [-0.3, -0.25) is 9.80 Å². The lowest BCUT2D eigenvalue weighted by Gasteiger charge is -2.27. The number of carbonyl (C=O) groups excluding carboxylic acids is 2. The molecule has 12 nitrogen and oxygen atoms in total. The van der Waals surface area contributed by atoms with Crippen LogP contribution in [0.25, 0.3) is 31.2 Å². The first-order chi connectivity index (χ1) is 20.8. The van der Waals surface area contributed by atoms with Crippen molar-refractivity contribution in [2.75, 3.05) is 13.1 Å². The van der Waals surface area contributed by atoms with Gasteiger partial charge < -0.3 is 19.4 Å². The molecule has 234 valence electrons. The average molecular weight is 639 g/mol. The lowest BCUT2D eigenvalue weighted by Crippen LogP contribution is -2.36. The van der Waals surface area contributed by atoms with Gasteiger partial charge in [0.25, 0.3) is 0 Å². The van der Waals surface area contributed by atoms with Crippen LogP contribution < -0.4 is 0 Å². The summed E-state index contributed by atoms with van der Waals surface area (Å²) in [6, 6.07) is -0.292. The summed E-state index contributed by atoms with van der Waals surface area (Å²) in [5, 5.41) is 1.60. The van der Waals surface area contributed by atoms with Gasteiger partial charge in [0.2, 0.25) is 0 Å². The molecule has 2 N–H and O–H groups in total. The molecular weight excluding hydrogens is 601 g/mol. The van der Waals surface area contributed by atoms with Crippen molar-refractivity contribution >= 4 is 34.9 Å². The summed E-state index contributed by atoms with van der Waals surface area (Å²) in [6.45, 7) is 12.5. The quantitative estimate of drug-likeness (QED) is 0.234. The molecule has 0 radical (unpaired) electrons. The minimum absolute atomic E-state index is 0.146. The predicted octanol–water partition coefficient (Wildman–Crippen LogP) is 7.19. The van der Waals surface area contributed by atoms with Crippen LogP contribution >= 0.6 is 22.7 Å². The van der Waals surface area contributed by atoms with Gasteiger partial charge >= 0.3 is 12.2 Å². The highest BCUT2D eigenvalue weighted by atomic mass is 32.1. The van der Waals surface area contributed by atoms with Gasteiger partial charge in [-0.2, -0.15) is 0 Å². The topological polar surface area (TPSA) is 142 Å². The van der Waals surface area contributed by atoms with Gasteiger partial charge in [0.1, 0.15) is 22.9 Å². The summed E-state index contributed by atoms with van der Waals surface area (Å²) >= 11 is 3.06. The van der Waals surface area contributed by atoms with Gasteiger partial charge in [0.05, 0.1) is 45.6 Å². The number of likely N-dealkylation sites (tertiary alicyclic amines) is 2. The van der Waals surface area contributed by atoms with Crippen LogP contribution in [0.2, 0.25) is 0 Å². The number of aromatic nitrogens is 6. The fourth-order valence-electron chi connectivity index (χ4n) is 5.44. The molecule has 6 rings (SSSR count). The van der Waals surface area contributed by atoms with Crippen molar-refractivity contribution < 1.29 is 19.1 Å². The van der Waals surface area contributed by atoms with Gasteiger partial charge in [-0.15, -0.1) is 22.7 Å². The number of nitrogens with one attached hydrogen (secondary N) is 2. The molecule has 2 saturated heterocycles. The molecule has 2 aliphatic heterocycles. The molecule has 0 aromatic carbocycles. The highest BCUT2D eigenvalue weighted by molar-refractivity contribution is 7.24. The van der Waals surface area contributed by atoms with E-state index in [0.717, 1.165) is 68.5 Å². The predicted molar refractivity (Wildman–Crippen MR) is 168 cm³/mol. The normalized spacial score (nSPS) is 19.1. The maximum atomic E-state index is 12.8. The molecule has 2 fully saturated rings. The second kappa shape index (κ2) is 11.6. The van der Waals surface area contributed by atoms with Gasteiger partial charge in [0.15, 0.2) is 10.0 Å². The first-order valence-corrected chi connectivity index (χ1v) is 16.5. The number of H-pyrrole nitrogens is 2. The number of amides is 2. The molecule has 0 unspecified atom stereocenters. The number of ether oxygens (including phenoxy) is 2. The Balaban J connectivity index is 1.14. The van der Waals surface area contributed by atoms with Crippen LogP contribution in [0.15, 0.2) is 24.8 Å². The third-order valence-corrected chi connectivity index (χ3v) is 9.51. The SMILES string of the molecule is CC(C)(C)OC(=O)N1CCC[C@H]1c1ncc(-c2cnc(-c3ncc(-c4cnc([C@@H]5CCCN5C(=O)OC(C)(C)C)[nH]4)s3)s2)[nH]1. The van der Waals surface area contributed by atoms with Crippen molar-refractivity contribution in [1.82, 2.24) is 39.7 Å². The molecule has 0 saturated carbocycles. The Hall–Kier alpha value is -3.78. The zero-order valence-corrected chi connectivity index (χ0v) is 27.5. The first-order valence-electron chi connectivity index (χ1n) is 14.9. The Morgan fingerprint density at radius 1 is 0.705 bits per heavy atom. The van der Waals surface area contributed by atoms with E-state index in [0.29, 0.717) is 13.1 Å². The zero-order chi connectivity index (χ0) is 31.2. The third kappa shape index (κ3) is 6.50. The summed E-state index contributed by atoms with van der Waals surface area (Å²) < 4.78 is 11.2. The van der Waals surface area contributed by atoms with E-state index in [4.69, 9.17) is 9.47 Å². The van der Waals surface area contributed by atoms with Gasteiger partial charge in [-0.1, -0.05) is 0 Å². The molecule has 6 heterocycles. The number of imidazole rings is 2. The van der Waals surface area contributed by atoms with E-state index < -0.39 is 11.2 Å². The maximum Gasteiger partial charge on any atom is 0.410 e. The zero-order valence-electron chi connectivity index (χ0n) is 25.8. The van der Waals surface area contributed by atoms with Crippen LogP contribution in [-0.2, 0) is 9.47 Å². The van der Waals surface area contributed by atoms with Crippen molar-refractivity contribution in [3.05, 3.63) is 36.4 Å². The molecule has 2 amide bonds. The van der Waals surface area contributed by atoms with Crippen molar-refractivity contribution in [2.45, 2.75) is 90.5 Å². The van der Waals surface area contributed by atoms with Gasteiger partial charge in [-0.25, -0.2) is 29.5 Å². The number of aromatic amines is 2. The standard InChI is InChI=1S/C30H38N8O4S2/c1-29(2,3)41-27(39)37-11-7-9-19(37)23-31-13-17(35-23)21-15-33-25(43-21)26-34-16-22(44-26)18-14-32-24(36-18)20-10-8-12-38(20)28(40)42-30(4,5)6/h13-16,19-20H,7-12H2,1-6H3,(H,31,35)(H,32,36)/t19-,20-/m0/s1. The lowest BCUT2D eigenvalue weighted by atomic mass is 10.2. The van der Waals surface area contributed by atoms with Crippen molar-refractivity contribution in [1.29, 1.82) is 0 Å². The van der Waals surface area contributed by atoms with E-state index in [1.807, 2.05) is 53.9 Å². The summed E-state index contributed by atoms with van der Waals surface area (Å²) in [6.07, 6.45) is 10.1. The Morgan fingerprint density at radius 3 is 1.50 bits per heavy atom. The fourth-order valence-corrected chi connectivity index (χ4v) is 7.23. The highest BCUT2D eigenvalue weighted by Gasteiger charge is 2.36. The largest absolute Gasteiger partial charge is 0.444 e. The van der Waals surface area contributed by atoms with Crippen LogP contribution in [0.1, 0.15) is 91.0 Å². The number of carbonyl (C=O) groups is 2. The molecule has 0 bridgehead atoms. The Morgan fingerprint density at radius 2 is 1.11 bits per heavy atom. The van der Waals surface area contributed by atoms with Crippen molar-refractivity contribution in [2.24, 2.45) is 0 Å². The Kier molecular flexibility index (Phi) is 7.99. The third-order valence-electron chi connectivity index (χ3n) is 7.31. The number of rotatable bonds is 5. The van der Waals surface area contributed by atoms with E-state index >= 15 is 0 Å². The molecule has 4 aromatic rings. The van der Waals surface area contributed by atoms with Crippen molar-refractivity contribution in [3.8, 4) is 31.2 Å². The van der Waals surface area contributed by atoms with Crippen LogP contribution in [0.3, 0.4) is 0 Å². The number of hydrogen-bond donors (Lipinski definition) is 2. The molecular formula is C30H38N8O4S2. The molecule has 14 heteroatoms. The fraction of sp³-hybridized carbons (Fsp3) is 0.533. The lowest BCUT2D eigenvalue weighted by molar-refractivity contribution is 0.0208. The molecule has 2 aliphatic rings. The second-order valence-corrected chi connectivity index (χ2v) is 15.1. The van der Waals surface area contributed by atoms with E-state index in [1.54, 1.807) is 22.2 Å². The highest BCUT2D eigenvalue weighted by Crippen LogP contribution is 2.39. The molecule has 2 atom stereocenters. The van der Waals surface area contributed by atoms with E-state index in [-0.39, 0.29) is 24.3 Å². The summed E-state index contributed by atoms with van der Waals surface area (Å²) in [7, 11) is 0. The summed E-state index contributed by atoms with van der Waals surface area (Å²) in [4.78, 5) is 56.2. The molecule has 0 spiro atoms. The minimum Gasteiger partial charge on any atom is -0.444 e. The average Bonchev–Trinajstić information content (AvgIpc) is 3.77. The Labute approximate surface area is 264 Å². The second-order valence-electron chi connectivity index (χ2n) is 13.1. The number of nitrogens with zero attached hydrogens (tertiary/aromatic N) is 6. The monoisotopic (exact) mass is 638 g/mol. The minimum atomic E-state index is -0.550. The van der Waals surface area contributed by atoms with Crippen LogP contribution in [0.4, 0.5) is 9.59 Å². The van der Waals surface area contributed by atoms with Crippen LogP contribution in [-0.4, -0.2) is 76.2 Å². The van der Waals surface area contributed by atoms with Gasteiger partial charge in [-0.05, 0) is 67.2 Å². The summed E-state index contributed by atoms with van der Waals surface area (Å²) in [5.41, 5.74) is 0.597. The smallest absolute Gasteiger partial charge is 0.410 e.